The first kappa shape index (κ1) is 20.5. The zero-order valence-electron chi connectivity index (χ0n) is 18.1. The van der Waals surface area contributed by atoms with Crippen LogP contribution in [0.25, 0.3) is 32.6 Å². The summed E-state index contributed by atoms with van der Waals surface area (Å²) in [6, 6.07) is 25.9. The highest BCUT2D eigenvalue weighted by Gasteiger charge is 2.35. The van der Waals surface area contributed by atoms with Crippen LogP contribution in [-0.4, -0.2) is 34.1 Å². The number of carbonyl (C=O) groups is 1. The van der Waals surface area contributed by atoms with Crippen molar-refractivity contribution in [3.05, 3.63) is 85.1 Å². The highest BCUT2D eigenvalue weighted by atomic mass is 32.1. The van der Waals surface area contributed by atoms with Gasteiger partial charge in [0.15, 0.2) is 5.13 Å². The normalized spacial score (nSPS) is 13.7. The summed E-state index contributed by atoms with van der Waals surface area (Å²) in [4.78, 5) is 22.7. The number of nitrogens with one attached hydrogen (secondary N) is 1. The molecule has 1 saturated heterocycles. The Morgan fingerprint density at radius 1 is 0.971 bits per heavy atom. The highest BCUT2D eigenvalue weighted by molar-refractivity contribution is 7.19. The lowest BCUT2D eigenvalue weighted by Crippen LogP contribution is -2.50. The molecule has 3 aromatic carbocycles. The third-order valence-electron chi connectivity index (χ3n) is 6.06. The Labute approximate surface area is 200 Å². The molecule has 0 amide bonds. The molecule has 0 saturated carbocycles. The first-order valence-electron chi connectivity index (χ1n) is 11.0. The molecule has 0 atom stereocenters. The van der Waals surface area contributed by atoms with Gasteiger partial charge < -0.3 is 19.7 Å². The van der Waals surface area contributed by atoms with Crippen molar-refractivity contribution in [2.75, 3.05) is 18.0 Å². The van der Waals surface area contributed by atoms with Crippen molar-refractivity contribution in [1.29, 1.82) is 0 Å². The minimum atomic E-state index is -0.751. The lowest BCUT2D eigenvalue weighted by atomic mass is 10.0. The van der Waals surface area contributed by atoms with Gasteiger partial charge in [-0.05, 0) is 48.5 Å². The first-order valence-corrected chi connectivity index (χ1v) is 11.9. The molecule has 34 heavy (non-hydrogen) atoms. The topological polar surface area (TPSA) is 78.4 Å². The van der Waals surface area contributed by atoms with Crippen LogP contribution in [0.2, 0.25) is 0 Å². The number of rotatable bonds is 6. The number of ether oxygens (including phenoxy) is 1. The average Bonchev–Trinajstić information content (AvgIpc) is 3.46. The smallest absolute Gasteiger partial charge is 0.310 e. The van der Waals surface area contributed by atoms with Crippen LogP contribution in [-0.2, 0) is 4.79 Å². The second-order valence-corrected chi connectivity index (χ2v) is 9.28. The van der Waals surface area contributed by atoms with Crippen LogP contribution in [0.4, 0.5) is 5.13 Å². The summed E-state index contributed by atoms with van der Waals surface area (Å²) in [5, 5.41) is 11.3. The van der Waals surface area contributed by atoms with Crippen molar-refractivity contribution in [2.45, 2.75) is 0 Å². The van der Waals surface area contributed by atoms with E-state index in [1.807, 2.05) is 71.8 Å². The van der Waals surface area contributed by atoms with Crippen molar-refractivity contribution in [2.24, 2.45) is 5.92 Å². The van der Waals surface area contributed by atoms with Gasteiger partial charge in [0.1, 0.15) is 11.5 Å². The van der Waals surface area contributed by atoms with E-state index >= 15 is 0 Å². The van der Waals surface area contributed by atoms with E-state index in [1.54, 1.807) is 11.3 Å². The molecule has 2 N–H and O–H groups in total. The molecule has 1 aliphatic rings. The molecule has 0 unspecified atom stereocenters. The first-order chi connectivity index (χ1) is 16.7. The molecule has 7 heteroatoms. The summed E-state index contributed by atoms with van der Waals surface area (Å²) in [5.41, 5.74) is 4.05. The van der Waals surface area contributed by atoms with Gasteiger partial charge in [0.25, 0.3) is 0 Å². The number of hydrogen-bond donors (Lipinski definition) is 2. The van der Waals surface area contributed by atoms with Gasteiger partial charge in [-0.25, -0.2) is 4.98 Å². The largest absolute Gasteiger partial charge is 0.481 e. The van der Waals surface area contributed by atoms with E-state index in [2.05, 4.69) is 23.2 Å². The molecule has 6 nitrogen and oxygen atoms in total. The van der Waals surface area contributed by atoms with Crippen LogP contribution in [0.3, 0.4) is 0 Å². The van der Waals surface area contributed by atoms with E-state index in [-0.39, 0.29) is 5.92 Å². The molecule has 5 aromatic rings. The van der Waals surface area contributed by atoms with Gasteiger partial charge >= 0.3 is 5.97 Å². The fraction of sp³-hybridized carbons (Fsp3) is 0.111. The number of thiazole rings is 1. The molecule has 0 radical (unpaired) electrons. The number of H-pyrrole nitrogens is 1. The number of aromatic nitrogens is 2. The van der Waals surface area contributed by atoms with Gasteiger partial charge in [-0.3, -0.25) is 4.79 Å². The van der Waals surface area contributed by atoms with E-state index < -0.39 is 5.97 Å². The van der Waals surface area contributed by atoms with Gasteiger partial charge in [-0.15, -0.1) is 0 Å². The maximum absolute atomic E-state index is 11.3. The molecule has 1 fully saturated rings. The Kier molecular flexibility index (Phi) is 5.04. The summed E-state index contributed by atoms with van der Waals surface area (Å²) in [6.07, 6.45) is 1.94. The Morgan fingerprint density at radius 3 is 2.50 bits per heavy atom. The molecule has 0 bridgehead atoms. The van der Waals surface area contributed by atoms with Gasteiger partial charge in [0.2, 0.25) is 0 Å². The Morgan fingerprint density at radius 2 is 1.74 bits per heavy atom. The molecular formula is C27H21N3O3S. The third kappa shape index (κ3) is 3.70. The van der Waals surface area contributed by atoms with Gasteiger partial charge in [0.05, 0.1) is 16.5 Å². The van der Waals surface area contributed by atoms with E-state index in [9.17, 15) is 9.90 Å². The fourth-order valence-electron chi connectivity index (χ4n) is 4.20. The summed E-state index contributed by atoms with van der Waals surface area (Å²) in [5.74, 6) is 0.459. The van der Waals surface area contributed by atoms with Gasteiger partial charge in [-0.2, -0.15) is 0 Å². The minimum absolute atomic E-state index is 0.335. The maximum atomic E-state index is 11.3. The molecule has 2 aromatic heterocycles. The van der Waals surface area contributed by atoms with Gasteiger partial charge in [-0.1, -0.05) is 41.7 Å². The van der Waals surface area contributed by atoms with Crippen molar-refractivity contribution >= 4 is 33.3 Å². The maximum Gasteiger partial charge on any atom is 0.310 e. The number of aromatic amines is 1. The van der Waals surface area contributed by atoms with E-state index in [4.69, 9.17) is 9.72 Å². The molecule has 168 valence electrons. The van der Waals surface area contributed by atoms with E-state index in [0.717, 1.165) is 49.2 Å². The number of carboxylic acids is 1. The number of para-hydroxylation sites is 1. The van der Waals surface area contributed by atoms with Crippen LogP contribution < -0.4 is 9.64 Å². The number of nitrogens with zero attached hydrogens (tertiary/aromatic N) is 2. The van der Waals surface area contributed by atoms with Crippen LogP contribution in [0.15, 0.2) is 85.1 Å². The lowest BCUT2D eigenvalue weighted by molar-refractivity contribution is -0.142. The van der Waals surface area contributed by atoms with Crippen molar-refractivity contribution in [3.8, 4) is 33.2 Å². The second kappa shape index (κ2) is 8.35. The molecule has 3 heterocycles. The van der Waals surface area contributed by atoms with E-state index in [1.165, 1.54) is 0 Å². The fourth-order valence-corrected chi connectivity index (χ4v) is 5.35. The number of benzene rings is 3. The standard InChI is InChI=1S/C27H21N3O3S/c31-26(32)18-15-30(16-18)27-29-24(25(34-27)22-7-4-8-23-21(22)13-14-28-23)17-9-11-20(12-10-17)33-19-5-2-1-3-6-19/h1-14,18,28H,15-16H2,(H,31,32). The zero-order valence-corrected chi connectivity index (χ0v) is 19.0. The lowest BCUT2D eigenvalue weighted by Gasteiger charge is -2.36. The van der Waals surface area contributed by atoms with Crippen LogP contribution in [0.1, 0.15) is 0 Å². The zero-order chi connectivity index (χ0) is 23.1. The Balaban J connectivity index is 1.38. The molecule has 0 aliphatic carbocycles. The van der Waals surface area contributed by atoms with Crippen LogP contribution >= 0.6 is 11.3 Å². The number of anilines is 1. The van der Waals surface area contributed by atoms with Crippen molar-refractivity contribution < 1.29 is 14.6 Å². The molecular weight excluding hydrogens is 446 g/mol. The molecule has 1 aliphatic heterocycles. The highest BCUT2D eigenvalue weighted by Crippen LogP contribution is 2.44. The Bertz CT molecular complexity index is 1470. The summed E-state index contributed by atoms with van der Waals surface area (Å²) in [7, 11) is 0. The SMILES string of the molecule is O=C(O)C1CN(c2nc(-c3ccc(Oc4ccccc4)cc3)c(-c3cccc4[nH]ccc34)s2)C1. The summed E-state index contributed by atoms with van der Waals surface area (Å²) >= 11 is 1.61. The monoisotopic (exact) mass is 467 g/mol. The molecule has 0 spiro atoms. The summed E-state index contributed by atoms with van der Waals surface area (Å²) < 4.78 is 5.95. The van der Waals surface area contributed by atoms with Crippen molar-refractivity contribution in [1.82, 2.24) is 9.97 Å². The predicted molar refractivity (Wildman–Crippen MR) is 135 cm³/mol. The van der Waals surface area contributed by atoms with Crippen molar-refractivity contribution in [3.63, 3.8) is 0 Å². The predicted octanol–water partition coefficient (Wildman–Crippen LogP) is 6.27. The minimum Gasteiger partial charge on any atom is -0.481 e. The third-order valence-corrected chi connectivity index (χ3v) is 7.21. The number of fused-ring (bicyclic) bond motifs is 1. The Hall–Kier alpha value is -4.10. The van der Waals surface area contributed by atoms with Crippen LogP contribution in [0.5, 0.6) is 11.5 Å². The summed E-state index contributed by atoms with van der Waals surface area (Å²) in [6.45, 7) is 0.972. The average molecular weight is 468 g/mol. The van der Waals surface area contributed by atoms with Gasteiger partial charge in [0, 0.05) is 41.3 Å². The number of hydrogen-bond acceptors (Lipinski definition) is 5. The number of carboxylic acid groups (broad SMARTS) is 1. The van der Waals surface area contributed by atoms with Crippen LogP contribution in [0, 0.1) is 5.92 Å². The second-order valence-electron chi connectivity index (χ2n) is 8.30. The molecule has 6 rings (SSSR count). The quantitative estimate of drug-likeness (QED) is 0.308. The number of aliphatic carboxylic acids is 1. The van der Waals surface area contributed by atoms with E-state index in [0.29, 0.717) is 13.1 Å².